The molecule has 11 heteroatoms. The number of carbonyl (C=O) groups is 4. The molecule has 2 aromatic heterocycles. The van der Waals surface area contributed by atoms with E-state index in [9.17, 15) is 19.2 Å². The van der Waals surface area contributed by atoms with Crippen molar-refractivity contribution in [2.45, 2.75) is 0 Å². The first-order valence-electron chi connectivity index (χ1n) is 10.9. The second kappa shape index (κ2) is 11.7. The van der Waals surface area contributed by atoms with Gasteiger partial charge in [0.05, 0.1) is 0 Å². The molecular formula is C26H20N6O5. The topological polar surface area (TPSA) is 151 Å². The standard InChI is InChI=1S/C26H20N6O5/c33-23(29-31-25(35)19-9-13-27-14-10-19)17-1-5-21(6-2-17)37-22-7-3-18(4-8-22)24(34)30-32-26(36)20-11-15-28-16-12-20/h1-16H,(H,29,33)(H,30,34)(H,31,35)(H,32,36). The van der Waals surface area contributed by atoms with Crippen molar-refractivity contribution in [3.8, 4) is 11.5 Å². The van der Waals surface area contributed by atoms with Crippen molar-refractivity contribution in [3.63, 3.8) is 0 Å². The minimum Gasteiger partial charge on any atom is -0.457 e. The van der Waals surface area contributed by atoms with Gasteiger partial charge in [-0.3, -0.25) is 50.8 Å². The van der Waals surface area contributed by atoms with Crippen molar-refractivity contribution in [2.75, 3.05) is 0 Å². The van der Waals surface area contributed by atoms with E-state index in [0.29, 0.717) is 33.8 Å². The van der Waals surface area contributed by atoms with E-state index >= 15 is 0 Å². The monoisotopic (exact) mass is 496 g/mol. The van der Waals surface area contributed by atoms with Crippen LogP contribution in [0.1, 0.15) is 41.4 Å². The molecule has 0 saturated heterocycles. The summed E-state index contributed by atoms with van der Waals surface area (Å²) in [6.07, 6.45) is 5.90. The molecule has 4 aromatic rings. The molecule has 0 aliphatic rings. The molecule has 0 unspecified atom stereocenters. The van der Waals surface area contributed by atoms with E-state index in [2.05, 4.69) is 31.7 Å². The highest BCUT2D eigenvalue weighted by atomic mass is 16.5. The lowest BCUT2D eigenvalue weighted by Gasteiger charge is -2.10. The summed E-state index contributed by atoms with van der Waals surface area (Å²) < 4.78 is 5.75. The van der Waals surface area contributed by atoms with Gasteiger partial charge in [0.2, 0.25) is 0 Å². The van der Waals surface area contributed by atoms with Crippen molar-refractivity contribution < 1.29 is 23.9 Å². The Morgan fingerprint density at radius 3 is 1.00 bits per heavy atom. The summed E-state index contributed by atoms with van der Waals surface area (Å²) in [5.74, 6) is -1.02. The van der Waals surface area contributed by atoms with Gasteiger partial charge in [-0.05, 0) is 72.8 Å². The first-order chi connectivity index (χ1) is 18.0. The molecule has 0 saturated carbocycles. The number of amides is 4. The highest BCUT2D eigenvalue weighted by Crippen LogP contribution is 2.22. The van der Waals surface area contributed by atoms with Crippen LogP contribution >= 0.6 is 0 Å². The van der Waals surface area contributed by atoms with Crippen LogP contribution in [0.3, 0.4) is 0 Å². The number of hydrogen-bond donors (Lipinski definition) is 4. The highest BCUT2D eigenvalue weighted by Gasteiger charge is 2.11. The molecule has 4 rings (SSSR count). The number of carbonyl (C=O) groups excluding carboxylic acids is 4. The Hall–Kier alpha value is -5.58. The van der Waals surface area contributed by atoms with Crippen molar-refractivity contribution in [3.05, 3.63) is 120 Å². The number of hydrogen-bond acceptors (Lipinski definition) is 7. The van der Waals surface area contributed by atoms with Crippen LogP contribution in [0.4, 0.5) is 0 Å². The molecule has 0 bridgehead atoms. The average Bonchev–Trinajstić information content (AvgIpc) is 2.96. The fraction of sp³-hybridized carbons (Fsp3) is 0. The zero-order valence-corrected chi connectivity index (χ0v) is 19.2. The molecular weight excluding hydrogens is 476 g/mol. The molecule has 0 radical (unpaired) electrons. The van der Waals surface area contributed by atoms with Crippen molar-refractivity contribution in [1.29, 1.82) is 0 Å². The van der Waals surface area contributed by atoms with Crippen molar-refractivity contribution in [1.82, 2.24) is 31.7 Å². The minimum absolute atomic E-state index is 0.309. The Labute approximate surface area is 210 Å². The van der Waals surface area contributed by atoms with Crippen molar-refractivity contribution >= 4 is 23.6 Å². The summed E-state index contributed by atoms with van der Waals surface area (Å²) in [7, 11) is 0. The fourth-order valence-corrected chi connectivity index (χ4v) is 3.01. The maximum absolute atomic E-state index is 12.3. The second-order valence-electron chi connectivity index (χ2n) is 7.44. The van der Waals surface area contributed by atoms with Gasteiger partial charge in [0.15, 0.2) is 0 Å². The Balaban J connectivity index is 1.26. The molecule has 2 aromatic carbocycles. The van der Waals surface area contributed by atoms with Gasteiger partial charge < -0.3 is 4.74 Å². The predicted octanol–water partition coefficient (Wildman–Crippen LogP) is 2.42. The summed E-state index contributed by atoms with van der Waals surface area (Å²) in [4.78, 5) is 56.2. The van der Waals surface area contributed by atoms with Crippen LogP contribution in [-0.2, 0) is 0 Å². The van der Waals surface area contributed by atoms with Gasteiger partial charge in [-0.25, -0.2) is 0 Å². The Morgan fingerprint density at radius 2 is 0.703 bits per heavy atom. The second-order valence-corrected chi connectivity index (χ2v) is 7.44. The van der Waals surface area contributed by atoms with E-state index in [1.807, 2.05) is 0 Å². The van der Waals surface area contributed by atoms with Crippen LogP contribution < -0.4 is 26.4 Å². The van der Waals surface area contributed by atoms with Gasteiger partial charge in [0.25, 0.3) is 23.6 Å². The highest BCUT2D eigenvalue weighted by molar-refractivity contribution is 5.99. The quantitative estimate of drug-likeness (QED) is 0.299. The number of nitrogens with one attached hydrogen (secondary N) is 4. The lowest BCUT2D eigenvalue weighted by molar-refractivity contribution is 0.0846. The van der Waals surface area contributed by atoms with Crippen LogP contribution in [0.2, 0.25) is 0 Å². The first kappa shape index (κ1) is 24.5. The smallest absolute Gasteiger partial charge is 0.269 e. The van der Waals surface area contributed by atoms with Crippen LogP contribution in [0.25, 0.3) is 0 Å². The predicted molar refractivity (Wildman–Crippen MR) is 131 cm³/mol. The largest absolute Gasteiger partial charge is 0.457 e. The van der Waals surface area contributed by atoms with E-state index < -0.39 is 23.6 Å². The van der Waals surface area contributed by atoms with E-state index in [0.717, 1.165) is 0 Å². The summed E-state index contributed by atoms with van der Waals surface area (Å²) in [6, 6.07) is 18.6. The third-order valence-corrected chi connectivity index (χ3v) is 4.93. The number of pyridine rings is 2. The fourth-order valence-electron chi connectivity index (χ4n) is 3.01. The zero-order chi connectivity index (χ0) is 26.0. The summed E-state index contributed by atoms with van der Waals surface area (Å²) in [5, 5.41) is 0. The third-order valence-electron chi connectivity index (χ3n) is 4.93. The molecule has 0 spiro atoms. The normalized spacial score (nSPS) is 10.1. The lowest BCUT2D eigenvalue weighted by atomic mass is 10.2. The summed E-state index contributed by atoms with van der Waals surface area (Å²) >= 11 is 0. The van der Waals surface area contributed by atoms with E-state index in [-0.39, 0.29) is 0 Å². The Morgan fingerprint density at radius 1 is 0.432 bits per heavy atom. The zero-order valence-electron chi connectivity index (χ0n) is 19.2. The number of hydrazine groups is 2. The minimum atomic E-state index is -0.500. The van der Waals surface area contributed by atoms with Crippen LogP contribution in [-0.4, -0.2) is 33.6 Å². The number of ether oxygens (including phenoxy) is 1. The molecule has 4 N–H and O–H groups in total. The number of rotatable bonds is 6. The maximum atomic E-state index is 12.3. The molecule has 2 heterocycles. The SMILES string of the molecule is O=C(NNC(=O)c1ccc(Oc2ccc(C(=O)NNC(=O)c3ccncc3)cc2)cc1)c1ccncc1. The summed E-state index contributed by atoms with van der Waals surface area (Å²) in [6.45, 7) is 0. The Kier molecular flexibility index (Phi) is 7.77. The number of nitrogens with zero attached hydrogens (tertiary/aromatic N) is 2. The van der Waals surface area contributed by atoms with Crippen LogP contribution in [0.15, 0.2) is 97.6 Å². The molecule has 0 aliphatic carbocycles. The van der Waals surface area contributed by atoms with Crippen molar-refractivity contribution in [2.24, 2.45) is 0 Å². The van der Waals surface area contributed by atoms with Crippen LogP contribution in [0.5, 0.6) is 11.5 Å². The molecule has 0 fully saturated rings. The van der Waals surface area contributed by atoms with Gasteiger partial charge in [-0.1, -0.05) is 0 Å². The third kappa shape index (κ3) is 6.73. The first-order valence-corrected chi connectivity index (χ1v) is 10.9. The molecule has 0 atom stereocenters. The Bertz CT molecular complexity index is 1290. The maximum Gasteiger partial charge on any atom is 0.269 e. The molecule has 4 amide bonds. The van der Waals surface area contributed by atoms with Crippen LogP contribution in [0, 0.1) is 0 Å². The average molecular weight is 496 g/mol. The summed E-state index contributed by atoms with van der Waals surface area (Å²) in [5.41, 5.74) is 10.7. The van der Waals surface area contributed by atoms with E-state index in [4.69, 9.17) is 4.74 Å². The molecule has 184 valence electrons. The molecule has 0 aliphatic heterocycles. The van der Waals surface area contributed by atoms with E-state index in [1.54, 1.807) is 24.3 Å². The lowest BCUT2D eigenvalue weighted by Crippen LogP contribution is -2.41. The van der Waals surface area contributed by atoms with Gasteiger partial charge in [-0.2, -0.15) is 0 Å². The van der Waals surface area contributed by atoms with E-state index in [1.165, 1.54) is 73.3 Å². The number of aromatic nitrogens is 2. The van der Waals surface area contributed by atoms with Gasteiger partial charge in [0, 0.05) is 47.0 Å². The molecule has 37 heavy (non-hydrogen) atoms. The van der Waals surface area contributed by atoms with Gasteiger partial charge >= 0.3 is 0 Å². The van der Waals surface area contributed by atoms with Gasteiger partial charge in [-0.15, -0.1) is 0 Å². The van der Waals surface area contributed by atoms with Gasteiger partial charge in [0.1, 0.15) is 11.5 Å². The number of benzene rings is 2. The molecule has 11 nitrogen and oxygen atoms in total.